The lowest BCUT2D eigenvalue weighted by Gasteiger charge is -2.40. The van der Waals surface area contributed by atoms with Crippen LogP contribution in [0.25, 0.3) is 11.0 Å². The molecule has 3 aromatic rings. The maximum absolute atomic E-state index is 12.2. The molecule has 1 unspecified atom stereocenters. The van der Waals surface area contributed by atoms with Crippen LogP contribution in [-0.2, 0) is 4.79 Å². The van der Waals surface area contributed by atoms with Crippen LogP contribution in [0.4, 0.5) is 5.82 Å². The van der Waals surface area contributed by atoms with Crippen molar-refractivity contribution in [2.24, 2.45) is 5.41 Å². The van der Waals surface area contributed by atoms with Crippen LogP contribution < -0.4 is 9.64 Å². The molecule has 0 amide bonds. The molecule has 1 N–H and O–H groups in total. The van der Waals surface area contributed by atoms with Crippen molar-refractivity contribution in [1.82, 2.24) is 4.98 Å². The van der Waals surface area contributed by atoms with E-state index >= 15 is 0 Å². The summed E-state index contributed by atoms with van der Waals surface area (Å²) in [7, 11) is 0. The van der Waals surface area contributed by atoms with Gasteiger partial charge in [-0.1, -0.05) is 18.2 Å². The first kappa shape index (κ1) is 17.4. The van der Waals surface area contributed by atoms with E-state index in [9.17, 15) is 9.90 Å². The number of para-hydroxylation sites is 1. The van der Waals surface area contributed by atoms with Crippen LogP contribution in [0.3, 0.4) is 0 Å². The molecule has 1 atom stereocenters. The largest absolute Gasteiger partial charge is 0.494 e. The fraction of sp³-hybridized carbons (Fsp3) is 0.333. The van der Waals surface area contributed by atoms with E-state index in [1.165, 1.54) is 0 Å². The molecule has 4 rings (SSSR count). The summed E-state index contributed by atoms with van der Waals surface area (Å²) in [6.45, 7) is 1.57. The van der Waals surface area contributed by atoms with Gasteiger partial charge in [-0.25, -0.2) is 4.98 Å². The Morgan fingerprint density at radius 3 is 2.93 bits per heavy atom. The summed E-state index contributed by atoms with van der Waals surface area (Å²) >= 11 is 0. The monoisotopic (exact) mass is 366 g/mol. The zero-order valence-electron chi connectivity index (χ0n) is 15.0. The molecule has 1 fully saturated rings. The fourth-order valence-corrected chi connectivity index (χ4v) is 3.81. The summed E-state index contributed by atoms with van der Waals surface area (Å²) in [4.78, 5) is 18.8. The van der Waals surface area contributed by atoms with Gasteiger partial charge in [-0.05, 0) is 43.5 Å². The first-order valence-corrected chi connectivity index (χ1v) is 9.16. The number of carboxylic acids is 1. The van der Waals surface area contributed by atoms with Crippen molar-refractivity contribution >= 4 is 22.8 Å². The first-order chi connectivity index (χ1) is 13.2. The van der Waals surface area contributed by atoms with Crippen molar-refractivity contribution in [2.75, 3.05) is 24.6 Å². The fourth-order valence-electron chi connectivity index (χ4n) is 3.81. The van der Waals surface area contributed by atoms with Crippen molar-refractivity contribution in [1.29, 1.82) is 0 Å². The highest BCUT2D eigenvalue weighted by atomic mass is 16.5. The Bertz CT molecular complexity index is 924. The Hall–Kier alpha value is -3.02. The number of fused-ring (bicyclic) bond motifs is 1. The summed E-state index contributed by atoms with van der Waals surface area (Å²) in [5.41, 5.74) is -0.0837. The van der Waals surface area contributed by atoms with Gasteiger partial charge in [0.2, 0.25) is 0 Å². The van der Waals surface area contributed by atoms with Crippen molar-refractivity contribution in [3.05, 3.63) is 54.9 Å². The molecule has 1 saturated heterocycles. The summed E-state index contributed by atoms with van der Waals surface area (Å²) in [5.74, 6) is 0.773. The summed E-state index contributed by atoms with van der Waals surface area (Å²) in [5, 5.41) is 10.9. The van der Waals surface area contributed by atoms with Crippen LogP contribution in [-0.4, -0.2) is 35.8 Å². The number of carbonyl (C=O) groups is 1. The second-order valence-corrected chi connectivity index (χ2v) is 6.99. The van der Waals surface area contributed by atoms with Crippen molar-refractivity contribution in [2.45, 2.75) is 19.3 Å². The normalized spacial score (nSPS) is 19.9. The molecule has 1 aliphatic rings. The zero-order valence-corrected chi connectivity index (χ0v) is 15.0. The number of aliphatic carboxylic acids is 1. The van der Waals surface area contributed by atoms with Crippen LogP contribution in [0.5, 0.6) is 5.75 Å². The van der Waals surface area contributed by atoms with Crippen LogP contribution in [0, 0.1) is 5.41 Å². The highest BCUT2D eigenvalue weighted by Crippen LogP contribution is 2.37. The Labute approximate surface area is 157 Å². The van der Waals surface area contributed by atoms with E-state index < -0.39 is 11.4 Å². The number of rotatable bonds is 6. The predicted molar refractivity (Wildman–Crippen MR) is 102 cm³/mol. The van der Waals surface area contributed by atoms with E-state index in [-0.39, 0.29) is 0 Å². The Kier molecular flexibility index (Phi) is 4.71. The number of nitrogens with zero attached hydrogens (tertiary/aromatic N) is 2. The number of anilines is 1. The Balaban J connectivity index is 1.52. The Morgan fingerprint density at radius 2 is 2.11 bits per heavy atom. The SMILES string of the molecule is O=C(O)C1(CCOc2ccccc2)CCCN(c2nccc3occc23)C1. The minimum atomic E-state index is -0.847. The lowest BCUT2D eigenvalue weighted by atomic mass is 9.77. The van der Waals surface area contributed by atoms with E-state index in [1.54, 1.807) is 12.5 Å². The molecule has 27 heavy (non-hydrogen) atoms. The molecule has 3 heterocycles. The summed E-state index contributed by atoms with van der Waals surface area (Å²) < 4.78 is 11.2. The average Bonchev–Trinajstić information content (AvgIpc) is 3.18. The first-order valence-electron chi connectivity index (χ1n) is 9.16. The van der Waals surface area contributed by atoms with Gasteiger partial charge in [-0.2, -0.15) is 0 Å². The summed E-state index contributed by atoms with van der Waals surface area (Å²) in [6, 6.07) is 13.2. The molecule has 1 aliphatic heterocycles. The average molecular weight is 366 g/mol. The molecular formula is C21H22N2O4. The van der Waals surface area contributed by atoms with Crippen LogP contribution in [0.2, 0.25) is 0 Å². The number of furan rings is 1. The minimum Gasteiger partial charge on any atom is -0.494 e. The van der Waals surface area contributed by atoms with Crippen LogP contribution in [0.15, 0.2) is 59.3 Å². The van der Waals surface area contributed by atoms with Gasteiger partial charge in [0.25, 0.3) is 0 Å². The number of pyridine rings is 1. The molecule has 0 spiro atoms. The third-order valence-corrected chi connectivity index (χ3v) is 5.28. The van der Waals surface area contributed by atoms with Crippen molar-refractivity contribution in [3.63, 3.8) is 0 Å². The molecule has 6 nitrogen and oxygen atoms in total. The number of hydrogen-bond donors (Lipinski definition) is 1. The predicted octanol–water partition coefficient (Wildman–Crippen LogP) is 3.97. The van der Waals surface area contributed by atoms with Gasteiger partial charge < -0.3 is 19.2 Å². The van der Waals surface area contributed by atoms with Crippen LogP contribution in [0.1, 0.15) is 19.3 Å². The van der Waals surface area contributed by atoms with Gasteiger partial charge >= 0.3 is 5.97 Å². The lowest BCUT2D eigenvalue weighted by molar-refractivity contribution is -0.150. The van der Waals surface area contributed by atoms with Crippen LogP contribution >= 0.6 is 0 Å². The number of ether oxygens (including phenoxy) is 1. The maximum Gasteiger partial charge on any atom is 0.311 e. The lowest BCUT2D eigenvalue weighted by Crippen LogP contribution is -2.49. The van der Waals surface area contributed by atoms with Gasteiger partial charge in [0.1, 0.15) is 17.2 Å². The van der Waals surface area contributed by atoms with Crippen molar-refractivity contribution in [3.8, 4) is 5.75 Å². The van der Waals surface area contributed by atoms with E-state index in [1.807, 2.05) is 42.5 Å². The van der Waals surface area contributed by atoms with Gasteiger partial charge in [0, 0.05) is 19.3 Å². The highest BCUT2D eigenvalue weighted by molar-refractivity contribution is 5.89. The van der Waals surface area contributed by atoms with Gasteiger partial charge in [0.15, 0.2) is 0 Å². The second-order valence-electron chi connectivity index (χ2n) is 6.99. The van der Waals surface area contributed by atoms with E-state index in [2.05, 4.69) is 9.88 Å². The van der Waals surface area contributed by atoms with E-state index in [0.717, 1.165) is 35.5 Å². The number of benzene rings is 1. The quantitative estimate of drug-likeness (QED) is 0.711. The third kappa shape index (κ3) is 3.47. The molecule has 0 radical (unpaired) electrons. The van der Waals surface area contributed by atoms with Gasteiger partial charge in [-0.15, -0.1) is 0 Å². The number of hydrogen-bond acceptors (Lipinski definition) is 5. The molecule has 0 saturated carbocycles. The van der Waals surface area contributed by atoms with Gasteiger partial charge in [-0.3, -0.25) is 4.79 Å². The molecule has 140 valence electrons. The maximum atomic E-state index is 12.2. The topological polar surface area (TPSA) is 75.8 Å². The zero-order chi connectivity index (χ0) is 18.7. The molecule has 0 aliphatic carbocycles. The molecule has 0 bridgehead atoms. The molecule has 1 aromatic carbocycles. The van der Waals surface area contributed by atoms with E-state index in [0.29, 0.717) is 26.0 Å². The third-order valence-electron chi connectivity index (χ3n) is 5.28. The summed E-state index contributed by atoms with van der Waals surface area (Å²) in [6.07, 6.45) is 5.23. The smallest absolute Gasteiger partial charge is 0.311 e. The highest BCUT2D eigenvalue weighted by Gasteiger charge is 2.43. The minimum absolute atomic E-state index is 0.369. The Morgan fingerprint density at radius 1 is 1.26 bits per heavy atom. The number of piperidine rings is 1. The van der Waals surface area contributed by atoms with E-state index in [4.69, 9.17) is 9.15 Å². The second kappa shape index (κ2) is 7.31. The molecular weight excluding hydrogens is 344 g/mol. The number of carboxylic acid groups (broad SMARTS) is 1. The number of aromatic nitrogens is 1. The van der Waals surface area contributed by atoms with Crippen molar-refractivity contribution < 1.29 is 19.1 Å². The molecule has 6 heteroatoms. The molecule has 2 aromatic heterocycles. The van der Waals surface area contributed by atoms with Gasteiger partial charge in [0.05, 0.1) is 23.7 Å². The standard InChI is InChI=1S/C21H22N2O4/c24-20(25)21(10-14-26-16-5-2-1-3-6-16)9-4-12-23(15-21)19-17-8-13-27-18(17)7-11-22-19/h1-3,5-8,11,13H,4,9-10,12,14-15H2,(H,24,25).